The summed E-state index contributed by atoms with van der Waals surface area (Å²) >= 11 is 0. The zero-order valence-corrected chi connectivity index (χ0v) is 10.2. The molecule has 0 aromatic heterocycles. The van der Waals surface area contributed by atoms with Crippen molar-refractivity contribution in [3.05, 3.63) is 34.9 Å². The largest absolute Gasteiger partial charge is 0.312 e. The SMILES string of the molecule is CNC(c1c(F)cc(F)c(F)c1F)C(C)(C)C. The Hall–Kier alpha value is -1.10. The van der Waals surface area contributed by atoms with Crippen LogP contribution in [-0.2, 0) is 0 Å². The summed E-state index contributed by atoms with van der Waals surface area (Å²) < 4.78 is 53.1. The van der Waals surface area contributed by atoms with E-state index in [9.17, 15) is 17.6 Å². The second-order valence-corrected chi connectivity index (χ2v) is 4.97. The second-order valence-electron chi connectivity index (χ2n) is 4.97. The third-order valence-corrected chi connectivity index (χ3v) is 2.59. The minimum absolute atomic E-state index is 0.365. The molecule has 1 nitrogen and oxygen atoms in total. The van der Waals surface area contributed by atoms with Crippen LogP contribution in [0, 0.1) is 28.7 Å². The Morgan fingerprint density at radius 3 is 1.94 bits per heavy atom. The van der Waals surface area contributed by atoms with Crippen LogP contribution >= 0.6 is 0 Å². The summed E-state index contributed by atoms with van der Waals surface area (Å²) in [5.41, 5.74) is -1.01. The van der Waals surface area contributed by atoms with Crippen molar-refractivity contribution >= 4 is 0 Å². The van der Waals surface area contributed by atoms with Gasteiger partial charge in [-0.05, 0) is 12.5 Å². The molecule has 1 unspecified atom stereocenters. The standard InChI is InChI=1S/C12H15F4N/c1-12(2,3)11(17-4)8-6(13)5-7(14)9(15)10(8)16/h5,11,17H,1-4H3. The van der Waals surface area contributed by atoms with Gasteiger partial charge in [0.05, 0.1) is 0 Å². The van der Waals surface area contributed by atoms with Gasteiger partial charge in [0.1, 0.15) is 5.82 Å². The first-order chi connectivity index (χ1) is 7.70. The molecule has 0 fully saturated rings. The Labute approximate surface area is 97.8 Å². The van der Waals surface area contributed by atoms with Crippen molar-refractivity contribution < 1.29 is 17.6 Å². The number of nitrogens with one attached hydrogen (secondary N) is 1. The van der Waals surface area contributed by atoms with E-state index in [1.54, 1.807) is 20.8 Å². The predicted octanol–water partition coefficient (Wildman–Crippen LogP) is 3.55. The molecule has 0 amide bonds. The lowest BCUT2D eigenvalue weighted by Crippen LogP contribution is -2.31. The number of rotatable bonds is 2. The molecule has 1 rings (SSSR count). The highest BCUT2D eigenvalue weighted by molar-refractivity contribution is 5.27. The third-order valence-electron chi connectivity index (χ3n) is 2.59. The molecule has 17 heavy (non-hydrogen) atoms. The molecule has 0 aliphatic heterocycles. The number of hydrogen-bond donors (Lipinski definition) is 1. The van der Waals surface area contributed by atoms with Crippen LogP contribution in [0.15, 0.2) is 6.07 Å². The third kappa shape index (κ3) is 2.60. The molecule has 1 aromatic carbocycles. The van der Waals surface area contributed by atoms with E-state index in [0.717, 1.165) is 0 Å². The van der Waals surface area contributed by atoms with E-state index in [1.807, 2.05) is 0 Å². The van der Waals surface area contributed by atoms with Crippen LogP contribution in [0.4, 0.5) is 17.6 Å². The number of benzene rings is 1. The minimum Gasteiger partial charge on any atom is -0.312 e. The lowest BCUT2D eigenvalue weighted by molar-refractivity contribution is 0.267. The van der Waals surface area contributed by atoms with Gasteiger partial charge in [0.2, 0.25) is 0 Å². The smallest absolute Gasteiger partial charge is 0.194 e. The normalized spacial score (nSPS) is 13.9. The van der Waals surface area contributed by atoms with E-state index < -0.39 is 40.3 Å². The first kappa shape index (κ1) is 14.0. The molecule has 0 saturated carbocycles. The van der Waals surface area contributed by atoms with Gasteiger partial charge >= 0.3 is 0 Å². The molecule has 0 aliphatic carbocycles. The van der Waals surface area contributed by atoms with Gasteiger partial charge in [-0.25, -0.2) is 17.6 Å². The van der Waals surface area contributed by atoms with E-state index in [-0.39, 0.29) is 0 Å². The van der Waals surface area contributed by atoms with Crippen molar-refractivity contribution in [1.82, 2.24) is 5.32 Å². The molecule has 0 bridgehead atoms. The number of hydrogen-bond acceptors (Lipinski definition) is 1. The molecular formula is C12H15F4N. The second kappa shape index (κ2) is 4.64. The highest BCUT2D eigenvalue weighted by Gasteiger charge is 2.32. The van der Waals surface area contributed by atoms with Gasteiger partial charge in [-0.2, -0.15) is 0 Å². The van der Waals surface area contributed by atoms with Crippen molar-refractivity contribution in [2.75, 3.05) is 7.05 Å². The van der Waals surface area contributed by atoms with E-state index in [1.165, 1.54) is 7.05 Å². The van der Waals surface area contributed by atoms with Crippen molar-refractivity contribution in [1.29, 1.82) is 0 Å². The maximum Gasteiger partial charge on any atom is 0.194 e. The first-order valence-electron chi connectivity index (χ1n) is 5.20. The minimum atomic E-state index is -1.65. The van der Waals surface area contributed by atoms with Gasteiger partial charge < -0.3 is 5.32 Å². The van der Waals surface area contributed by atoms with E-state index in [0.29, 0.717) is 6.07 Å². The van der Waals surface area contributed by atoms with Gasteiger partial charge in [-0.1, -0.05) is 20.8 Å². The van der Waals surface area contributed by atoms with Crippen molar-refractivity contribution in [2.24, 2.45) is 5.41 Å². The average Bonchev–Trinajstić information content (AvgIpc) is 2.19. The summed E-state index contributed by atoms with van der Waals surface area (Å²) in [6.07, 6.45) is 0. The van der Waals surface area contributed by atoms with Crippen LogP contribution in [0.2, 0.25) is 0 Å². The van der Waals surface area contributed by atoms with Gasteiger partial charge in [0, 0.05) is 17.7 Å². The summed E-state index contributed by atoms with van der Waals surface area (Å²) in [5.74, 6) is -5.73. The monoisotopic (exact) mass is 249 g/mol. The fourth-order valence-electron chi connectivity index (χ4n) is 1.86. The maximum absolute atomic E-state index is 13.6. The Morgan fingerprint density at radius 1 is 1.00 bits per heavy atom. The summed E-state index contributed by atoms with van der Waals surface area (Å²) in [5, 5.41) is 2.72. The molecule has 0 radical (unpaired) electrons. The Bertz CT molecular complexity index is 423. The molecule has 96 valence electrons. The predicted molar refractivity (Wildman–Crippen MR) is 57.5 cm³/mol. The van der Waals surface area contributed by atoms with Crippen LogP contribution in [-0.4, -0.2) is 7.05 Å². The summed E-state index contributed by atoms with van der Waals surface area (Å²) in [7, 11) is 1.51. The lowest BCUT2D eigenvalue weighted by Gasteiger charge is -2.31. The molecule has 1 N–H and O–H groups in total. The molecule has 1 atom stereocenters. The molecule has 0 aliphatic rings. The summed E-state index contributed by atoms with van der Waals surface area (Å²) in [6, 6.07) is -0.387. The van der Waals surface area contributed by atoms with Crippen LogP contribution in [0.1, 0.15) is 32.4 Å². The zero-order chi connectivity index (χ0) is 13.4. The van der Waals surface area contributed by atoms with Crippen molar-refractivity contribution in [2.45, 2.75) is 26.8 Å². The molecule has 1 aromatic rings. The molecule has 0 saturated heterocycles. The van der Waals surface area contributed by atoms with E-state index >= 15 is 0 Å². The van der Waals surface area contributed by atoms with Crippen LogP contribution in [0.25, 0.3) is 0 Å². The highest BCUT2D eigenvalue weighted by atomic mass is 19.2. The lowest BCUT2D eigenvalue weighted by atomic mass is 9.82. The van der Waals surface area contributed by atoms with Gasteiger partial charge in [-0.3, -0.25) is 0 Å². The Morgan fingerprint density at radius 2 is 1.53 bits per heavy atom. The topological polar surface area (TPSA) is 12.0 Å². The quantitative estimate of drug-likeness (QED) is 0.480. The summed E-state index contributed by atoms with van der Waals surface area (Å²) in [6.45, 7) is 5.23. The van der Waals surface area contributed by atoms with Crippen LogP contribution in [0.3, 0.4) is 0 Å². The fourth-order valence-corrected chi connectivity index (χ4v) is 1.86. The number of halogens is 4. The maximum atomic E-state index is 13.6. The van der Waals surface area contributed by atoms with E-state index in [4.69, 9.17) is 0 Å². The Balaban J connectivity index is 3.45. The van der Waals surface area contributed by atoms with Crippen molar-refractivity contribution in [3.8, 4) is 0 Å². The molecule has 0 heterocycles. The fraction of sp³-hybridized carbons (Fsp3) is 0.500. The highest BCUT2D eigenvalue weighted by Crippen LogP contribution is 2.36. The average molecular weight is 249 g/mol. The molecule has 5 heteroatoms. The molecule has 0 spiro atoms. The van der Waals surface area contributed by atoms with E-state index in [2.05, 4.69) is 5.32 Å². The molecular weight excluding hydrogens is 234 g/mol. The zero-order valence-electron chi connectivity index (χ0n) is 10.2. The van der Waals surface area contributed by atoms with Crippen LogP contribution < -0.4 is 5.32 Å². The van der Waals surface area contributed by atoms with Gasteiger partial charge in [0.25, 0.3) is 0 Å². The summed E-state index contributed by atoms with van der Waals surface area (Å²) in [4.78, 5) is 0. The van der Waals surface area contributed by atoms with Crippen molar-refractivity contribution in [3.63, 3.8) is 0 Å². The first-order valence-corrected chi connectivity index (χ1v) is 5.20. The van der Waals surface area contributed by atoms with Gasteiger partial charge in [-0.15, -0.1) is 0 Å². The van der Waals surface area contributed by atoms with Gasteiger partial charge in [0.15, 0.2) is 17.5 Å². The van der Waals surface area contributed by atoms with Crippen LogP contribution in [0.5, 0.6) is 0 Å². The Kier molecular flexibility index (Phi) is 3.81.